The van der Waals surface area contributed by atoms with Crippen LogP contribution in [0, 0.1) is 5.82 Å². The summed E-state index contributed by atoms with van der Waals surface area (Å²) in [6.07, 6.45) is 0.953. The van der Waals surface area contributed by atoms with E-state index in [4.69, 9.17) is 11.6 Å². The number of nitrogens with zero attached hydrogens (tertiary/aromatic N) is 3. The summed E-state index contributed by atoms with van der Waals surface area (Å²) < 4.78 is 15.5. The van der Waals surface area contributed by atoms with Gasteiger partial charge in [0.2, 0.25) is 5.16 Å². The lowest BCUT2D eigenvalue weighted by atomic mass is 10.1. The Balaban J connectivity index is 1.70. The second-order valence-electron chi connectivity index (χ2n) is 6.20. The maximum Gasteiger partial charge on any atom is 0.290 e. The van der Waals surface area contributed by atoms with Gasteiger partial charge in [0.1, 0.15) is 11.3 Å². The van der Waals surface area contributed by atoms with Gasteiger partial charge in [0.05, 0.1) is 5.69 Å². The van der Waals surface area contributed by atoms with E-state index in [0.717, 1.165) is 12.0 Å². The largest absolute Gasteiger partial charge is 0.290 e. The number of fused-ring (bicyclic) bond motifs is 1. The Hall–Kier alpha value is -2.64. The molecule has 0 unspecified atom stereocenters. The molecule has 0 saturated carbocycles. The number of nitrogens with one attached hydrogen (secondary N) is 1. The fraction of sp³-hybridized carbons (Fsp3) is 0.150. The number of thioether (sulfide) groups is 1. The van der Waals surface area contributed by atoms with Crippen molar-refractivity contribution in [3.05, 3.63) is 80.9 Å². The average Bonchev–Trinajstić information content (AvgIpc) is 3.16. The Labute approximate surface area is 169 Å². The van der Waals surface area contributed by atoms with Crippen LogP contribution in [0.2, 0.25) is 5.02 Å². The zero-order valence-electron chi connectivity index (χ0n) is 14.9. The molecule has 0 spiro atoms. The van der Waals surface area contributed by atoms with Crippen LogP contribution in [-0.4, -0.2) is 19.8 Å². The molecule has 0 bridgehead atoms. The van der Waals surface area contributed by atoms with Crippen LogP contribution >= 0.6 is 23.4 Å². The minimum atomic E-state index is -0.377. The van der Waals surface area contributed by atoms with Gasteiger partial charge in [-0.15, -0.1) is 5.10 Å². The molecule has 0 saturated heterocycles. The Kier molecular flexibility index (Phi) is 5.19. The molecule has 2 aromatic heterocycles. The Morgan fingerprint density at radius 1 is 1.21 bits per heavy atom. The number of rotatable bonds is 5. The molecule has 2 aromatic carbocycles. The van der Waals surface area contributed by atoms with E-state index >= 15 is 0 Å². The summed E-state index contributed by atoms with van der Waals surface area (Å²) in [4.78, 5) is 12.2. The first-order valence-electron chi connectivity index (χ1n) is 8.70. The second kappa shape index (κ2) is 7.77. The van der Waals surface area contributed by atoms with Crippen molar-refractivity contribution in [2.24, 2.45) is 0 Å². The number of benzene rings is 2. The monoisotopic (exact) mass is 414 g/mol. The minimum absolute atomic E-state index is 0.264. The van der Waals surface area contributed by atoms with Crippen molar-refractivity contribution in [1.82, 2.24) is 19.8 Å². The van der Waals surface area contributed by atoms with Gasteiger partial charge in [-0.3, -0.25) is 4.79 Å². The summed E-state index contributed by atoms with van der Waals surface area (Å²) in [5.41, 5.74) is 3.24. The van der Waals surface area contributed by atoms with Crippen molar-refractivity contribution in [1.29, 1.82) is 0 Å². The van der Waals surface area contributed by atoms with E-state index < -0.39 is 0 Å². The van der Waals surface area contributed by atoms with Crippen LogP contribution in [0.25, 0.3) is 16.8 Å². The highest BCUT2D eigenvalue weighted by molar-refractivity contribution is 7.98. The standard InChI is InChI=1S/C20H16ClFN4OS/c1-2-12-6-8-13(9-7-12)17-10-18-19(27)23-24-20(26(18)25-17)28-11-14-15(21)4-3-5-16(14)22/h3-10H,2,11H2,1H3,(H,23,27). The predicted octanol–water partition coefficient (Wildman–Crippen LogP) is 4.73. The lowest BCUT2D eigenvalue weighted by Gasteiger charge is -2.06. The molecule has 8 heteroatoms. The van der Waals surface area contributed by atoms with E-state index in [1.807, 2.05) is 24.3 Å². The molecule has 4 rings (SSSR count). The smallest absolute Gasteiger partial charge is 0.266 e. The van der Waals surface area contributed by atoms with Crippen molar-refractivity contribution < 1.29 is 4.39 Å². The summed E-state index contributed by atoms with van der Waals surface area (Å²) in [6, 6.07) is 14.3. The number of aromatic amines is 1. The Morgan fingerprint density at radius 3 is 2.71 bits per heavy atom. The van der Waals surface area contributed by atoms with E-state index in [2.05, 4.69) is 22.2 Å². The molecular weight excluding hydrogens is 399 g/mol. The highest BCUT2D eigenvalue weighted by atomic mass is 35.5. The number of H-pyrrole nitrogens is 1. The number of halogens is 2. The van der Waals surface area contributed by atoms with Crippen LogP contribution in [0.5, 0.6) is 0 Å². The van der Waals surface area contributed by atoms with E-state index in [1.54, 1.807) is 18.2 Å². The van der Waals surface area contributed by atoms with Crippen LogP contribution in [0.15, 0.2) is 58.5 Å². The molecule has 1 N–H and O–H groups in total. The summed E-state index contributed by atoms with van der Waals surface area (Å²) in [5.74, 6) is -0.113. The molecule has 0 aliphatic heterocycles. The van der Waals surface area contributed by atoms with E-state index in [-0.39, 0.29) is 17.1 Å². The first kappa shape index (κ1) is 18.7. The maximum absolute atomic E-state index is 14.0. The predicted molar refractivity (Wildman–Crippen MR) is 109 cm³/mol. The van der Waals surface area contributed by atoms with Crippen molar-refractivity contribution in [2.45, 2.75) is 24.3 Å². The van der Waals surface area contributed by atoms with Gasteiger partial charge in [0.15, 0.2) is 0 Å². The first-order valence-corrected chi connectivity index (χ1v) is 10.1. The van der Waals surface area contributed by atoms with Crippen LogP contribution in [-0.2, 0) is 12.2 Å². The topological polar surface area (TPSA) is 63.0 Å². The number of aryl methyl sites for hydroxylation is 1. The molecule has 2 heterocycles. The van der Waals surface area contributed by atoms with Crippen molar-refractivity contribution >= 4 is 28.9 Å². The molecule has 0 atom stereocenters. The third-order valence-corrected chi connectivity index (χ3v) is 5.75. The zero-order valence-corrected chi connectivity index (χ0v) is 16.5. The molecular formula is C20H16ClFN4OS. The highest BCUT2D eigenvalue weighted by Gasteiger charge is 2.14. The van der Waals surface area contributed by atoms with Crippen molar-refractivity contribution in [3.8, 4) is 11.3 Å². The molecule has 0 aliphatic rings. The summed E-state index contributed by atoms with van der Waals surface area (Å²) >= 11 is 7.34. The van der Waals surface area contributed by atoms with Crippen LogP contribution in [0.4, 0.5) is 4.39 Å². The molecule has 142 valence electrons. The fourth-order valence-electron chi connectivity index (χ4n) is 2.84. The second-order valence-corrected chi connectivity index (χ2v) is 7.55. The van der Waals surface area contributed by atoms with Crippen LogP contribution < -0.4 is 5.56 Å². The summed E-state index contributed by atoms with van der Waals surface area (Å²) in [5, 5.41) is 11.9. The first-order chi connectivity index (χ1) is 13.6. The molecule has 4 aromatic rings. The fourth-order valence-corrected chi connectivity index (χ4v) is 4.09. The Morgan fingerprint density at radius 2 is 2.00 bits per heavy atom. The van der Waals surface area contributed by atoms with Gasteiger partial charge in [-0.25, -0.2) is 14.0 Å². The third kappa shape index (κ3) is 3.55. The highest BCUT2D eigenvalue weighted by Crippen LogP contribution is 2.28. The lowest BCUT2D eigenvalue weighted by Crippen LogP contribution is -2.13. The average molecular weight is 415 g/mol. The van der Waals surface area contributed by atoms with Crippen molar-refractivity contribution in [3.63, 3.8) is 0 Å². The van der Waals surface area contributed by atoms with Crippen molar-refractivity contribution in [2.75, 3.05) is 0 Å². The molecule has 0 aliphatic carbocycles. The SMILES string of the molecule is CCc1ccc(-c2cc3c(=O)[nH]nc(SCc4c(F)cccc4Cl)n3n2)cc1. The van der Waals surface area contributed by atoms with Gasteiger partial charge in [0, 0.05) is 21.9 Å². The van der Waals surface area contributed by atoms with E-state index in [9.17, 15) is 9.18 Å². The van der Waals surface area contributed by atoms with Gasteiger partial charge in [-0.2, -0.15) is 5.10 Å². The summed E-state index contributed by atoms with van der Waals surface area (Å²) in [7, 11) is 0. The van der Waals surface area contributed by atoms with Gasteiger partial charge in [-0.1, -0.05) is 60.6 Å². The van der Waals surface area contributed by atoms with E-state index in [1.165, 1.54) is 27.9 Å². The molecule has 5 nitrogen and oxygen atoms in total. The molecule has 0 amide bonds. The molecule has 0 radical (unpaired) electrons. The van der Waals surface area contributed by atoms with Crippen LogP contribution in [0.3, 0.4) is 0 Å². The zero-order chi connectivity index (χ0) is 19.7. The molecule has 0 fully saturated rings. The van der Waals surface area contributed by atoms with Crippen LogP contribution in [0.1, 0.15) is 18.1 Å². The third-order valence-electron chi connectivity index (χ3n) is 4.44. The minimum Gasteiger partial charge on any atom is -0.266 e. The lowest BCUT2D eigenvalue weighted by molar-refractivity contribution is 0.617. The van der Waals surface area contributed by atoms with Gasteiger partial charge in [-0.05, 0) is 30.2 Å². The normalized spacial score (nSPS) is 11.2. The van der Waals surface area contributed by atoms with Gasteiger partial charge < -0.3 is 0 Å². The molecule has 28 heavy (non-hydrogen) atoms. The summed E-state index contributed by atoms with van der Waals surface area (Å²) in [6.45, 7) is 2.09. The number of aromatic nitrogens is 4. The van der Waals surface area contributed by atoms with E-state index in [0.29, 0.717) is 27.0 Å². The van der Waals surface area contributed by atoms with Gasteiger partial charge >= 0.3 is 0 Å². The quantitative estimate of drug-likeness (QED) is 0.479. The number of hydrogen-bond acceptors (Lipinski definition) is 4. The maximum atomic E-state index is 14.0. The number of hydrogen-bond donors (Lipinski definition) is 1. The Bertz CT molecular complexity index is 1180. The van der Waals surface area contributed by atoms with Gasteiger partial charge in [0.25, 0.3) is 5.56 Å².